The number of nitrogens with one attached hydrogen (secondary N) is 1. The van der Waals surface area contributed by atoms with Gasteiger partial charge in [0.05, 0.1) is 12.0 Å². The van der Waals surface area contributed by atoms with Gasteiger partial charge in [-0.15, -0.1) is 0 Å². The SMILES string of the molecule is COc1ccc(CN(C(=O)c2cccc(NS(=O)(=O)c3cc(C)ccc3C)c2)C2CC2)cc1. The highest BCUT2D eigenvalue weighted by Crippen LogP contribution is 2.31. The molecule has 0 aromatic heterocycles. The average molecular weight is 465 g/mol. The van der Waals surface area contributed by atoms with Crippen LogP contribution in [0.1, 0.15) is 39.9 Å². The van der Waals surface area contributed by atoms with Crippen molar-refractivity contribution >= 4 is 21.6 Å². The molecule has 4 rings (SSSR count). The second kappa shape index (κ2) is 9.27. The Hall–Kier alpha value is -3.32. The first-order valence-electron chi connectivity index (χ1n) is 10.9. The number of sulfonamides is 1. The maximum atomic E-state index is 13.4. The molecular weight excluding hydrogens is 436 g/mol. The lowest BCUT2D eigenvalue weighted by Gasteiger charge is -2.23. The monoisotopic (exact) mass is 464 g/mol. The van der Waals surface area contributed by atoms with Crippen LogP contribution < -0.4 is 9.46 Å². The number of nitrogens with zero attached hydrogens (tertiary/aromatic N) is 1. The molecule has 0 bridgehead atoms. The molecule has 3 aromatic rings. The summed E-state index contributed by atoms with van der Waals surface area (Å²) >= 11 is 0. The fraction of sp³-hybridized carbons (Fsp3) is 0.269. The number of methoxy groups -OCH3 is 1. The lowest BCUT2D eigenvalue weighted by Crippen LogP contribution is -2.32. The van der Waals surface area contributed by atoms with E-state index >= 15 is 0 Å². The Bertz CT molecular complexity index is 1270. The van der Waals surface area contributed by atoms with Crippen molar-refractivity contribution in [3.8, 4) is 5.75 Å². The number of aryl methyl sites for hydroxylation is 2. The molecule has 1 fully saturated rings. The van der Waals surface area contributed by atoms with Gasteiger partial charge < -0.3 is 9.64 Å². The van der Waals surface area contributed by atoms with Gasteiger partial charge in [0.2, 0.25) is 0 Å². The van der Waals surface area contributed by atoms with E-state index in [-0.39, 0.29) is 16.8 Å². The number of rotatable bonds is 8. The molecule has 0 saturated heterocycles. The first-order valence-corrected chi connectivity index (χ1v) is 12.4. The van der Waals surface area contributed by atoms with Gasteiger partial charge in [0.1, 0.15) is 5.75 Å². The molecule has 1 amide bonds. The molecule has 3 aromatic carbocycles. The van der Waals surface area contributed by atoms with E-state index in [0.29, 0.717) is 23.4 Å². The molecule has 33 heavy (non-hydrogen) atoms. The maximum absolute atomic E-state index is 13.4. The highest BCUT2D eigenvalue weighted by Gasteiger charge is 2.33. The van der Waals surface area contributed by atoms with Gasteiger partial charge in [-0.2, -0.15) is 0 Å². The standard InChI is InChI=1S/C26H28N2O4S/c1-18-7-8-19(2)25(15-18)33(30,31)27-22-6-4-5-21(16-22)26(29)28(23-11-12-23)17-20-9-13-24(32-3)14-10-20/h4-10,13-16,23,27H,11-12,17H2,1-3H3. The topological polar surface area (TPSA) is 75.7 Å². The molecule has 1 aliphatic carbocycles. The lowest BCUT2D eigenvalue weighted by atomic mass is 10.1. The third-order valence-corrected chi connectivity index (χ3v) is 7.28. The summed E-state index contributed by atoms with van der Waals surface area (Å²) in [5, 5.41) is 0. The quantitative estimate of drug-likeness (QED) is 0.514. The van der Waals surface area contributed by atoms with Crippen LogP contribution in [0.2, 0.25) is 0 Å². The highest BCUT2D eigenvalue weighted by atomic mass is 32.2. The van der Waals surface area contributed by atoms with Crippen molar-refractivity contribution in [3.63, 3.8) is 0 Å². The van der Waals surface area contributed by atoms with Crippen molar-refractivity contribution in [2.75, 3.05) is 11.8 Å². The van der Waals surface area contributed by atoms with Crippen LogP contribution in [0.25, 0.3) is 0 Å². The smallest absolute Gasteiger partial charge is 0.262 e. The molecule has 172 valence electrons. The molecule has 0 atom stereocenters. The molecule has 0 heterocycles. The number of hydrogen-bond acceptors (Lipinski definition) is 4. The largest absolute Gasteiger partial charge is 0.497 e. The number of amides is 1. The Morgan fingerprint density at radius 1 is 1.03 bits per heavy atom. The normalized spacial score (nSPS) is 13.4. The lowest BCUT2D eigenvalue weighted by molar-refractivity contribution is 0.0730. The van der Waals surface area contributed by atoms with Gasteiger partial charge in [0.15, 0.2) is 0 Å². The zero-order valence-electron chi connectivity index (χ0n) is 19.0. The molecule has 1 aliphatic rings. The molecule has 1 N–H and O–H groups in total. The summed E-state index contributed by atoms with van der Waals surface area (Å²) in [6.45, 7) is 4.11. The molecule has 0 unspecified atom stereocenters. The third-order valence-electron chi connectivity index (χ3n) is 5.76. The molecule has 0 spiro atoms. The Kier molecular flexibility index (Phi) is 6.42. The van der Waals surface area contributed by atoms with Gasteiger partial charge in [-0.05, 0) is 79.8 Å². The fourth-order valence-electron chi connectivity index (χ4n) is 3.77. The number of benzene rings is 3. The number of ether oxygens (including phenoxy) is 1. The summed E-state index contributed by atoms with van der Waals surface area (Å²) < 4.78 is 33.8. The Morgan fingerprint density at radius 2 is 1.76 bits per heavy atom. The minimum Gasteiger partial charge on any atom is -0.497 e. The van der Waals surface area contributed by atoms with Crippen LogP contribution in [-0.4, -0.2) is 32.4 Å². The van der Waals surface area contributed by atoms with Crippen LogP contribution in [0.4, 0.5) is 5.69 Å². The van der Waals surface area contributed by atoms with E-state index in [2.05, 4.69) is 4.72 Å². The van der Waals surface area contributed by atoms with Crippen molar-refractivity contribution in [2.24, 2.45) is 0 Å². The summed E-state index contributed by atoms with van der Waals surface area (Å²) in [7, 11) is -2.15. The average Bonchev–Trinajstić information content (AvgIpc) is 3.64. The predicted octanol–water partition coefficient (Wildman–Crippen LogP) is 4.92. The summed E-state index contributed by atoms with van der Waals surface area (Å²) in [5.74, 6) is 0.660. The highest BCUT2D eigenvalue weighted by molar-refractivity contribution is 7.92. The third kappa shape index (κ3) is 5.37. The van der Waals surface area contributed by atoms with Crippen molar-refractivity contribution in [1.82, 2.24) is 4.90 Å². The van der Waals surface area contributed by atoms with Crippen LogP contribution in [0.5, 0.6) is 5.75 Å². The van der Waals surface area contributed by atoms with Gasteiger partial charge >= 0.3 is 0 Å². The van der Waals surface area contributed by atoms with E-state index in [1.165, 1.54) is 0 Å². The first-order chi connectivity index (χ1) is 15.8. The molecule has 7 heteroatoms. The van der Waals surface area contributed by atoms with E-state index in [1.54, 1.807) is 50.4 Å². The first kappa shape index (κ1) is 22.9. The van der Waals surface area contributed by atoms with Crippen molar-refractivity contribution < 1.29 is 17.9 Å². The second-order valence-corrected chi connectivity index (χ2v) is 10.1. The van der Waals surface area contributed by atoms with E-state index < -0.39 is 10.0 Å². The van der Waals surface area contributed by atoms with Gasteiger partial charge in [-0.1, -0.05) is 30.3 Å². The van der Waals surface area contributed by atoms with Gasteiger partial charge in [-0.25, -0.2) is 8.42 Å². The number of hydrogen-bond donors (Lipinski definition) is 1. The van der Waals surface area contributed by atoms with Crippen LogP contribution >= 0.6 is 0 Å². The Labute approximate surface area is 195 Å². The van der Waals surface area contributed by atoms with Crippen LogP contribution in [-0.2, 0) is 16.6 Å². The molecule has 6 nitrogen and oxygen atoms in total. The Morgan fingerprint density at radius 3 is 2.42 bits per heavy atom. The molecule has 0 radical (unpaired) electrons. The number of carbonyl (C=O) groups is 1. The van der Waals surface area contributed by atoms with Crippen LogP contribution in [0.15, 0.2) is 71.6 Å². The van der Waals surface area contributed by atoms with Gasteiger partial charge in [0.25, 0.3) is 15.9 Å². The molecule has 1 saturated carbocycles. The summed E-state index contributed by atoms with van der Waals surface area (Å²) in [6.07, 6.45) is 1.95. The van der Waals surface area contributed by atoms with Crippen molar-refractivity contribution in [1.29, 1.82) is 0 Å². The van der Waals surface area contributed by atoms with Crippen LogP contribution in [0, 0.1) is 13.8 Å². The minimum atomic E-state index is -3.78. The van der Waals surface area contributed by atoms with Crippen LogP contribution in [0.3, 0.4) is 0 Å². The predicted molar refractivity (Wildman–Crippen MR) is 129 cm³/mol. The number of carbonyl (C=O) groups excluding carboxylic acids is 1. The zero-order chi connectivity index (χ0) is 23.6. The molecule has 0 aliphatic heterocycles. The van der Waals surface area contributed by atoms with Crippen molar-refractivity contribution in [2.45, 2.75) is 44.2 Å². The fourth-order valence-corrected chi connectivity index (χ4v) is 5.15. The summed E-state index contributed by atoms with van der Waals surface area (Å²) in [4.78, 5) is 15.5. The molecular formula is C26H28N2O4S. The number of anilines is 1. The van der Waals surface area contributed by atoms with E-state index in [9.17, 15) is 13.2 Å². The van der Waals surface area contributed by atoms with E-state index in [0.717, 1.165) is 29.7 Å². The summed E-state index contributed by atoms with van der Waals surface area (Å²) in [5.41, 5.74) is 3.37. The minimum absolute atomic E-state index is 0.110. The summed E-state index contributed by atoms with van der Waals surface area (Å²) in [6, 6.07) is 19.9. The Balaban J connectivity index is 1.55. The van der Waals surface area contributed by atoms with Gasteiger partial charge in [0, 0.05) is 23.8 Å². The van der Waals surface area contributed by atoms with E-state index in [4.69, 9.17) is 4.74 Å². The second-order valence-electron chi connectivity index (χ2n) is 8.47. The maximum Gasteiger partial charge on any atom is 0.262 e. The van der Waals surface area contributed by atoms with Crippen molar-refractivity contribution in [3.05, 3.63) is 89.0 Å². The zero-order valence-corrected chi connectivity index (χ0v) is 19.9. The van der Waals surface area contributed by atoms with E-state index in [1.807, 2.05) is 42.2 Å². The van der Waals surface area contributed by atoms with Gasteiger partial charge in [-0.3, -0.25) is 9.52 Å².